The van der Waals surface area contributed by atoms with Gasteiger partial charge < -0.3 is 10.3 Å². The van der Waals surface area contributed by atoms with Gasteiger partial charge >= 0.3 is 0 Å². The Bertz CT molecular complexity index is 654. The highest BCUT2D eigenvalue weighted by Gasteiger charge is 2.07. The Morgan fingerprint density at radius 2 is 2.19 bits per heavy atom. The summed E-state index contributed by atoms with van der Waals surface area (Å²) < 4.78 is 6.79. The summed E-state index contributed by atoms with van der Waals surface area (Å²) in [6.07, 6.45) is 0. The molecule has 3 aromatic rings. The van der Waals surface area contributed by atoms with Crippen LogP contribution in [0.5, 0.6) is 0 Å². The number of nitrogen functional groups attached to an aromatic ring is 1. The quantitative estimate of drug-likeness (QED) is 0.659. The number of fused-ring (bicyclic) bond motifs is 1. The predicted molar refractivity (Wildman–Crippen MR) is 58.4 cm³/mol. The number of hydrogen-bond acceptors (Lipinski definition) is 5. The van der Waals surface area contributed by atoms with E-state index in [9.17, 15) is 0 Å². The lowest BCUT2D eigenvalue weighted by molar-refractivity contribution is 0.436. The highest BCUT2D eigenvalue weighted by atomic mass is 16.5. The van der Waals surface area contributed by atoms with Crippen molar-refractivity contribution in [3.05, 3.63) is 24.3 Å². The van der Waals surface area contributed by atoms with E-state index < -0.39 is 0 Å². The molecule has 6 nitrogen and oxygen atoms in total. The van der Waals surface area contributed by atoms with Crippen molar-refractivity contribution in [3.63, 3.8) is 0 Å². The summed E-state index contributed by atoms with van der Waals surface area (Å²) in [6.45, 7) is 0. The van der Waals surface area contributed by atoms with Crippen molar-refractivity contribution in [2.45, 2.75) is 0 Å². The summed E-state index contributed by atoms with van der Waals surface area (Å²) in [6, 6.07) is 7.43. The van der Waals surface area contributed by atoms with Gasteiger partial charge in [0.1, 0.15) is 5.52 Å². The van der Waals surface area contributed by atoms with Crippen molar-refractivity contribution >= 4 is 16.9 Å². The second kappa shape index (κ2) is 3.06. The number of aryl methyl sites for hydroxylation is 1. The van der Waals surface area contributed by atoms with Crippen LogP contribution in [0.25, 0.3) is 22.4 Å². The second-order valence-corrected chi connectivity index (χ2v) is 3.53. The molecule has 3 rings (SSSR count). The SMILES string of the molecule is Cn1nnc2cc(-c3cc(N)no3)ccc21. The zero-order chi connectivity index (χ0) is 11.1. The maximum Gasteiger partial charge on any atom is 0.169 e. The molecule has 0 saturated carbocycles. The van der Waals surface area contributed by atoms with Gasteiger partial charge in [0.05, 0.1) is 5.52 Å². The Balaban J connectivity index is 2.18. The van der Waals surface area contributed by atoms with Gasteiger partial charge in [-0.25, -0.2) is 4.68 Å². The number of rotatable bonds is 1. The van der Waals surface area contributed by atoms with E-state index >= 15 is 0 Å². The molecule has 2 heterocycles. The van der Waals surface area contributed by atoms with Gasteiger partial charge in [0, 0.05) is 18.7 Å². The van der Waals surface area contributed by atoms with Crippen LogP contribution >= 0.6 is 0 Å². The first-order valence-electron chi connectivity index (χ1n) is 4.76. The van der Waals surface area contributed by atoms with Gasteiger partial charge in [-0.1, -0.05) is 10.4 Å². The second-order valence-electron chi connectivity index (χ2n) is 3.53. The normalized spacial score (nSPS) is 11.1. The maximum absolute atomic E-state index is 5.50. The van der Waals surface area contributed by atoms with Crippen LogP contribution in [-0.2, 0) is 7.05 Å². The number of anilines is 1. The van der Waals surface area contributed by atoms with Gasteiger partial charge in [0.15, 0.2) is 11.6 Å². The van der Waals surface area contributed by atoms with Crippen LogP contribution in [-0.4, -0.2) is 20.2 Å². The predicted octanol–water partition coefficient (Wildman–Crippen LogP) is 1.21. The average molecular weight is 215 g/mol. The van der Waals surface area contributed by atoms with Crippen LogP contribution in [0.3, 0.4) is 0 Å². The molecule has 2 N–H and O–H groups in total. The zero-order valence-electron chi connectivity index (χ0n) is 8.58. The minimum absolute atomic E-state index is 0.370. The third-order valence-corrected chi connectivity index (χ3v) is 2.42. The van der Waals surface area contributed by atoms with Gasteiger partial charge in [-0.2, -0.15) is 0 Å². The van der Waals surface area contributed by atoms with E-state index in [2.05, 4.69) is 15.5 Å². The first-order chi connectivity index (χ1) is 7.74. The van der Waals surface area contributed by atoms with Crippen LogP contribution in [0.4, 0.5) is 5.82 Å². The Morgan fingerprint density at radius 3 is 2.94 bits per heavy atom. The largest absolute Gasteiger partial charge is 0.381 e. The van der Waals surface area contributed by atoms with Crippen LogP contribution in [0.1, 0.15) is 0 Å². The van der Waals surface area contributed by atoms with E-state index in [0.717, 1.165) is 16.6 Å². The molecular formula is C10H9N5O. The first kappa shape index (κ1) is 8.90. The molecule has 1 aromatic carbocycles. The Labute approximate surface area is 90.6 Å². The number of nitrogens with two attached hydrogens (primary N) is 1. The first-order valence-corrected chi connectivity index (χ1v) is 4.76. The summed E-state index contributed by atoms with van der Waals surface area (Å²) in [5.41, 5.74) is 8.17. The fraction of sp³-hybridized carbons (Fsp3) is 0.100. The lowest BCUT2D eigenvalue weighted by Gasteiger charge is -1.95. The van der Waals surface area contributed by atoms with Crippen molar-refractivity contribution in [2.75, 3.05) is 5.73 Å². The Hall–Kier alpha value is -2.37. The smallest absolute Gasteiger partial charge is 0.169 e. The number of hydrogen-bond donors (Lipinski definition) is 1. The summed E-state index contributed by atoms with van der Waals surface area (Å²) in [4.78, 5) is 0. The molecule has 0 spiro atoms. The molecule has 0 amide bonds. The molecule has 0 atom stereocenters. The molecule has 0 fully saturated rings. The summed E-state index contributed by atoms with van der Waals surface area (Å²) in [7, 11) is 1.85. The topological polar surface area (TPSA) is 82.8 Å². The van der Waals surface area contributed by atoms with Crippen LogP contribution < -0.4 is 5.73 Å². The summed E-state index contributed by atoms with van der Waals surface area (Å²) in [5, 5.41) is 11.6. The molecule has 2 aromatic heterocycles. The van der Waals surface area contributed by atoms with E-state index in [1.807, 2.05) is 25.2 Å². The number of aromatic nitrogens is 4. The third kappa shape index (κ3) is 1.23. The van der Waals surface area contributed by atoms with E-state index in [1.165, 1.54) is 0 Å². The molecule has 80 valence electrons. The summed E-state index contributed by atoms with van der Waals surface area (Å²) in [5.74, 6) is 0.999. The van der Waals surface area contributed by atoms with Crippen molar-refractivity contribution < 1.29 is 4.52 Å². The molecule has 0 radical (unpaired) electrons. The molecule has 0 bridgehead atoms. The van der Waals surface area contributed by atoms with E-state index in [-0.39, 0.29) is 0 Å². The van der Waals surface area contributed by atoms with Crippen LogP contribution in [0, 0.1) is 0 Å². The highest BCUT2D eigenvalue weighted by Crippen LogP contribution is 2.24. The van der Waals surface area contributed by atoms with Crippen LogP contribution in [0.15, 0.2) is 28.8 Å². The average Bonchev–Trinajstić information content (AvgIpc) is 2.86. The molecule has 6 heteroatoms. The fourth-order valence-corrected chi connectivity index (χ4v) is 1.62. The Kier molecular flexibility index (Phi) is 1.70. The summed E-state index contributed by atoms with van der Waals surface area (Å²) >= 11 is 0. The lowest BCUT2D eigenvalue weighted by Crippen LogP contribution is -1.88. The monoisotopic (exact) mass is 215 g/mol. The minimum Gasteiger partial charge on any atom is -0.381 e. The van der Waals surface area contributed by atoms with Gasteiger partial charge in [-0.05, 0) is 18.2 Å². The van der Waals surface area contributed by atoms with E-state index in [1.54, 1.807) is 10.7 Å². The molecule has 0 unspecified atom stereocenters. The van der Waals surface area contributed by atoms with Gasteiger partial charge in [-0.3, -0.25) is 0 Å². The van der Waals surface area contributed by atoms with Crippen molar-refractivity contribution in [1.29, 1.82) is 0 Å². The molecular weight excluding hydrogens is 206 g/mol. The third-order valence-electron chi connectivity index (χ3n) is 2.42. The van der Waals surface area contributed by atoms with Crippen LogP contribution in [0.2, 0.25) is 0 Å². The fourth-order valence-electron chi connectivity index (χ4n) is 1.62. The molecule has 16 heavy (non-hydrogen) atoms. The van der Waals surface area contributed by atoms with Gasteiger partial charge in [0.25, 0.3) is 0 Å². The standard InChI is InChI=1S/C10H9N5O/c1-15-8-3-2-6(4-7(8)12-14-15)9-5-10(11)13-16-9/h2-5H,1H3,(H2,11,13). The van der Waals surface area contributed by atoms with Gasteiger partial charge in [-0.15, -0.1) is 5.10 Å². The molecule has 0 aliphatic carbocycles. The molecule has 0 aliphatic rings. The zero-order valence-corrected chi connectivity index (χ0v) is 8.58. The van der Waals surface area contributed by atoms with E-state index in [4.69, 9.17) is 10.3 Å². The minimum atomic E-state index is 0.370. The van der Waals surface area contributed by atoms with Crippen molar-refractivity contribution in [1.82, 2.24) is 20.2 Å². The maximum atomic E-state index is 5.50. The molecule has 0 saturated heterocycles. The van der Waals surface area contributed by atoms with Crippen molar-refractivity contribution in [3.8, 4) is 11.3 Å². The highest BCUT2D eigenvalue weighted by molar-refractivity contribution is 5.80. The molecule has 0 aliphatic heterocycles. The van der Waals surface area contributed by atoms with Gasteiger partial charge in [0.2, 0.25) is 0 Å². The number of benzene rings is 1. The van der Waals surface area contributed by atoms with Crippen molar-refractivity contribution in [2.24, 2.45) is 7.05 Å². The lowest BCUT2D eigenvalue weighted by atomic mass is 10.1. The van der Waals surface area contributed by atoms with E-state index in [0.29, 0.717) is 11.6 Å². The Morgan fingerprint density at radius 1 is 1.31 bits per heavy atom. The number of nitrogens with zero attached hydrogens (tertiary/aromatic N) is 4.